The van der Waals surface area contributed by atoms with Crippen molar-refractivity contribution in [3.05, 3.63) is 54.1 Å². The number of benzene rings is 2. The average Bonchev–Trinajstić information content (AvgIpc) is 2.72. The van der Waals surface area contributed by atoms with Gasteiger partial charge in [-0.1, -0.05) is 43.3 Å². The molecule has 0 saturated carbocycles. The lowest BCUT2D eigenvalue weighted by atomic mass is 10.0. The van der Waals surface area contributed by atoms with Crippen LogP contribution < -0.4 is 16.0 Å². The first-order valence-electron chi connectivity index (χ1n) is 9.83. The summed E-state index contributed by atoms with van der Waals surface area (Å²) in [7, 11) is 0. The van der Waals surface area contributed by atoms with Gasteiger partial charge in [0, 0.05) is 18.7 Å². The minimum absolute atomic E-state index is 0.133. The van der Waals surface area contributed by atoms with Gasteiger partial charge in [-0.15, -0.1) is 0 Å². The van der Waals surface area contributed by atoms with Crippen LogP contribution >= 0.6 is 0 Å². The Bertz CT molecular complexity index is 867. The Morgan fingerprint density at radius 1 is 1.03 bits per heavy atom. The van der Waals surface area contributed by atoms with Gasteiger partial charge < -0.3 is 25.8 Å². The van der Waals surface area contributed by atoms with Gasteiger partial charge in [0.15, 0.2) is 0 Å². The number of nitrogens with one attached hydrogen (secondary N) is 3. The Morgan fingerprint density at radius 2 is 1.77 bits per heavy atom. The quantitative estimate of drug-likeness (QED) is 0.501. The lowest BCUT2D eigenvalue weighted by molar-refractivity contribution is -0.139. The number of alkyl carbamates (subject to hydrolysis) is 1. The Kier molecular flexibility index (Phi) is 8.68. The van der Waals surface area contributed by atoms with Gasteiger partial charge in [0.2, 0.25) is 0 Å². The standard InChI is InChI=1S/C22H27N3O5/c1-3-12-23-21(28)24-18-7-5-6-17(14-18)16-10-8-15(9-11-16)13-19(20(26)27)25-22(29)30-4-2/h5-11,14,19H,3-4,12-13H2,1-2H3,(H,25,29)(H,26,27)(H2,23,24,28). The maximum Gasteiger partial charge on any atom is 0.407 e. The van der Waals surface area contributed by atoms with Gasteiger partial charge in [-0.2, -0.15) is 0 Å². The van der Waals surface area contributed by atoms with Crippen molar-refractivity contribution in [3.8, 4) is 11.1 Å². The van der Waals surface area contributed by atoms with Gasteiger partial charge in [0.1, 0.15) is 6.04 Å². The van der Waals surface area contributed by atoms with Crippen molar-refractivity contribution in [2.24, 2.45) is 0 Å². The molecule has 0 saturated heterocycles. The van der Waals surface area contributed by atoms with E-state index < -0.39 is 18.1 Å². The third-order valence-corrected chi connectivity index (χ3v) is 4.25. The van der Waals surface area contributed by atoms with Gasteiger partial charge >= 0.3 is 18.1 Å². The maximum atomic E-state index is 11.8. The molecule has 0 aliphatic carbocycles. The van der Waals surface area contributed by atoms with Crippen LogP contribution in [0.1, 0.15) is 25.8 Å². The summed E-state index contributed by atoms with van der Waals surface area (Å²) in [6.45, 7) is 4.41. The van der Waals surface area contributed by atoms with Gasteiger partial charge in [0.05, 0.1) is 6.61 Å². The number of amides is 3. The monoisotopic (exact) mass is 413 g/mol. The molecule has 0 spiro atoms. The molecular formula is C22H27N3O5. The van der Waals surface area contributed by atoms with E-state index in [4.69, 9.17) is 4.74 Å². The summed E-state index contributed by atoms with van der Waals surface area (Å²) in [5.41, 5.74) is 3.27. The van der Waals surface area contributed by atoms with Crippen LogP contribution in [0.4, 0.5) is 15.3 Å². The van der Waals surface area contributed by atoms with Gasteiger partial charge in [0.25, 0.3) is 0 Å². The zero-order valence-electron chi connectivity index (χ0n) is 17.1. The first-order chi connectivity index (χ1) is 14.4. The number of carbonyl (C=O) groups is 3. The van der Waals surface area contributed by atoms with Crippen LogP contribution in [0.15, 0.2) is 48.5 Å². The van der Waals surface area contributed by atoms with Crippen LogP contribution in [0.3, 0.4) is 0 Å². The molecule has 2 aromatic carbocycles. The number of carboxylic acid groups (broad SMARTS) is 1. The second-order valence-corrected chi connectivity index (χ2v) is 6.62. The molecular weight excluding hydrogens is 386 g/mol. The molecule has 0 fully saturated rings. The number of carboxylic acids is 1. The predicted octanol–water partition coefficient (Wildman–Crippen LogP) is 3.63. The van der Waals surface area contributed by atoms with E-state index in [1.165, 1.54) is 0 Å². The molecule has 2 aromatic rings. The highest BCUT2D eigenvalue weighted by atomic mass is 16.5. The van der Waals surface area contributed by atoms with E-state index in [-0.39, 0.29) is 19.1 Å². The smallest absolute Gasteiger partial charge is 0.407 e. The summed E-state index contributed by atoms with van der Waals surface area (Å²) in [5.74, 6) is -1.13. The Balaban J connectivity index is 2.06. The number of urea groups is 1. The van der Waals surface area contributed by atoms with Crippen molar-refractivity contribution in [2.45, 2.75) is 32.7 Å². The number of hydrogen-bond acceptors (Lipinski definition) is 4. The second-order valence-electron chi connectivity index (χ2n) is 6.62. The van der Waals surface area contributed by atoms with Crippen molar-refractivity contribution in [1.29, 1.82) is 0 Å². The molecule has 2 rings (SSSR count). The fourth-order valence-corrected chi connectivity index (χ4v) is 2.77. The summed E-state index contributed by atoms with van der Waals surface area (Å²) in [6.07, 6.45) is 0.236. The molecule has 8 heteroatoms. The van der Waals surface area contributed by atoms with Crippen LogP contribution in [0.5, 0.6) is 0 Å². The van der Waals surface area contributed by atoms with E-state index in [2.05, 4.69) is 16.0 Å². The Morgan fingerprint density at radius 3 is 2.40 bits per heavy atom. The minimum Gasteiger partial charge on any atom is -0.480 e. The SMILES string of the molecule is CCCNC(=O)Nc1cccc(-c2ccc(CC(NC(=O)OCC)C(=O)O)cc2)c1. The van der Waals surface area contributed by atoms with Gasteiger partial charge in [-0.25, -0.2) is 14.4 Å². The van der Waals surface area contributed by atoms with Crippen LogP contribution in [0.25, 0.3) is 11.1 Å². The van der Waals surface area contributed by atoms with Crippen molar-refractivity contribution in [3.63, 3.8) is 0 Å². The Labute approximate surface area is 175 Å². The van der Waals surface area contributed by atoms with Gasteiger partial charge in [-0.05, 0) is 42.2 Å². The maximum absolute atomic E-state index is 11.8. The molecule has 1 atom stereocenters. The van der Waals surface area contributed by atoms with E-state index in [1.54, 1.807) is 6.92 Å². The highest BCUT2D eigenvalue weighted by Crippen LogP contribution is 2.23. The van der Waals surface area contributed by atoms with Crippen molar-refractivity contribution >= 4 is 23.8 Å². The fraction of sp³-hybridized carbons (Fsp3) is 0.318. The molecule has 0 heterocycles. The molecule has 0 aromatic heterocycles. The van der Waals surface area contributed by atoms with E-state index >= 15 is 0 Å². The molecule has 3 amide bonds. The van der Waals surface area contributed by atoms with Crippen LogP contribution in [0, 0.1) is 0 Å². The second kappa shape index (κ2) is 11.5. The average molecular weight is 413 g/mol. The zero-order valence-corrected chi connectivity index (χ0v) is 17.1. The lowest BCUT2D eigenvalue weighted by Gasteiger charge is -2.14. The fourth-order valence-electron chi connectivity index (χ4n) is 2.77. The van der Waals surface area contributed by atoms with Gasteiger partial charge in [-0.3, -0.25) is 0 Å². The molecule has 160 valence electrons. The number of anilines is 1. The van der Waals surface area contributed by atoms with E-state index in [0.717, 1.165) is 23.1 Å². The third kappa shape index (κ3) is 7.12. The number of ether oxygens (including phenoxy) is 1. The first kappa shape index (κ1) is 22.7. The topological polar surface area (TPSA) is 117 Å². The molecule has 0 aliphatic heterocycles. The lowest BCUT2D eigenvalue weighted by Crippen LogP contribution is -2.42. The number of hydrogen-bond donors (Lipinski definition) is 4. The van der Waals surface area contributed by atoms with Crippen LogP contribution in [-0.2, 0) is 16.0 Å². The molecule has 8 nitrogen and oxygen atoms in total. The summed E-state index contributed by atoms with van der Waals surface area (Å²) >= 11 is 0. The first-order valence-corrected chi connectivity index (χ1v) is 9.83. The largest absolute Gasteiger partial charge is 0.480 e. The van der Waals surface area contributed by atoms with E-state index in [0.29, 0.717) is 12.2 Å². The highest BCUT2D eigenvalue weighted by molar-refractivity contribution is 5.90. The third-order valence-electron chi connectivity index (χ3n) is 4.25. The molecule has 1 unspecified atom stereocenters. The zero-order chi connectivity index (χ0) is 21.9. The normalized spacial score (nSPS) is 11.3. The predicted molar refractivity (Wildman–Crippen MR) is 114 cm³/mol. The summed E-state index contributed by atoms with van der Waals surface area (Å²) in [6, 6.07) is 13.5. The summed E-state index contributed by atoms with van der Waals surface area (Å²) < 4.78 is 4.75. The summed E-state index contributed by atoms with van der Waals surface area (Å²) in [5, 5.41) is 17.2. The van der Waals surface area contributed by atoms with Crippen molar-refractivity contribution in [1.82, 2.24) is 10.6 Å². The molecule has 0 bridgehead atoms. The molecule has 30 heavy (non-hydrogen) atoms. The van der Waals surface area contributed by atoms with Crippen molar-refractivity contribution in [2.75, 3.05) is 18.5 Å². The molecule has 0 aliphatic rings. The molecule has 4 N–H and O–H groups in total. The Hall–Kier alpha value is -3.55. The minimum atomic E-state index is -1.13. The molecule has 0 radical (unpaired) electrons. The number of rotatable bonds is 9. The van der Waals surface area contributed by atoms with E-state index in [1.807, 2.05) is 55.5 Å². The van der Waals surface area contributed by atoms with Crippen LogP contribution in [-0.4, -0.2) is 42.4 Å². The van der Waals surface area contributed by atoms with Crippen LogP contribution in [0.2, 0.25) is 0 Å². The number of carbonyl (C=O) groups excluding carboxylic acids is 2. The highest BCUT2D eigenvalue weighted by Gasteiger charge is 2.21. The van der Waals surface area contributed by atoms with E-state index in [9.17, 15) is 19.5 Å². The van der Waals surface area contributed by atoms with Crippen molar-refractivity contribution < 1.29 is 24.2 Å². The number of aliphatic carboxylic acids is 1. The summed E-state index contributed by atoms with van der Waals surface area (Å²) in [4.78, 5) is 34.8.